The van der Waals surface area contributed by atoms with E-state index in [2.05, 4.69) is 48.3 Å². The molecule has 2 nitrogen and oxygen atoms in total. The Balaban J connectivity index is 2.29. The van der Waals surface area contributed by atoms with E-state index in [9.17, 15) is 0 Å². The van der Waals surface area contributed by atoms with Crippen LogP contribution >= 0.6 is 0 Å². The molecule has 1 N–H and O–H groups in total. The van der Waals surface area contributed by atoms with E-state index in [-0.39, 0.29) is 0 Å². The van der Waals surface area contributed by atoms with Gasteiger partial charge >= 0.3 is 0 Å². The van der Waals surface area contributed by atoms with Crippen molar-refractivity contribution in [2.45, 2.75) is 51.6 Å². The van der Waals surface area contributed by atoms with E-state index >= 15 is 0 Å². The van der Waals surface area contributed by atoms with Gasteiger partial charge in [-0.25, -0.2) is 0 Å². The molecule has 0 spiro atoms. The predicted molar refractivity (Wildman–Crippen MR) is 79.2 cm³/mol. The van der Waals surface area contributed by atoms with Crippen molar-refractivity contribution in [1.29, 1.82) is 0 Å². The quantitative estimate of drug-likeness (QED) is 0.851. The van der Waals surface area contributed by atoms with Crippen LogP contribution in [0.1, 0.15) is 51.1 Å². The second kappa shape index (κ2) is 6.24. The zero-order valence-corrected chi connectivity index (χ0v) is 11.9. The summed E-state index contributed by atoms with van der Waals surface area (Å²) >= 11 is 0. The van der Waals surface area contributed by atoms with Gasteiger partial charge in [-0.1, -0.05) is 31.0 Å². The first-order valence-corrected chi connectivity index (χ1v) is 7.30. The van der Waals surface area contributed by atoms with Crippen molar-refractivity contribution in [3.8, 4) is 0 Å². The van der Waals surface area contributed by atoms with Crippen LogP contribution in [-0.4, -0.2) is 19.6 Å². The Hall–Kier alpha value is -1.02. The fourth-order valence-electron chi connectivity index (χ4n) is 3.11. The summed E-state index contributed by atoms with van der Waals surface area (Å²) in [6.07, 6.45) is 5.50. The average molecular weight is 246 g/mol. The minimum absolute atomic E-state index is 0.414. The fraction of sp³-hybridized carbons (Fsp3) is 0.625. The predicted octanol–water partition coefficient (Wildman–Crippen LogP) is 3.74. The van der Waals surface area contributed by atoms with E-state index < -0.39 is 0 Å². The van der Waals surface area contributed by atoms with Crippen LogP contribution in [0, 0.1) is 0 Å². The van der Waals surface area contributed by atoms with Crippen molar-refractivity contribution in [1.82, 2.24) is 5.32 Å². The number of hydrogen-bond acceptors (Lipinski definition) is 2. The number of benzene rings is 1. The maximum atomic E-state index is 3.36. The molecule has 1 unspecified atom stereocenters. The molecule has 0 aromatic heterocycles. The van der Waals surface area contributed by atoms with E-state index in [0.717, 1.165) is 12.6 Å². The van der Waals surface area contributed by atoms with E-state index in [4.69, 9.17) is 0 Å². The number of rotatable bonds is 5. The first-order chi connectivity index (χ1) is 8.77. The van der Waals surface area contributed by atoms with Crippen molar-refractivity contribution < 1.29 is 0 Å². The second-order valence-electron chi connectivity index (χ2n) is 5.29. The number of para-hydroxylation sites is 1. The Morgan fingerprint density at radius 2 is 1.94 bits per heavy atom. The minimum Gasteiger partial charge on any atom is -0.369 e. The maximum absolute atomic E-state index is 3.36. The molecule has 0 bridgehead atoms. The maximum Gasteiger partial charge on any atom is 0.0417 e. The third kappa shape index (κ3) is 2.69. The van der Waals surface area contributed by atoms with Crippen molar-refractivity contribution in [2.75, 3.05) is 18.5 Å². The number of anilines is 1. The van der Waals surface area contributed by atoms with E-state index in [1.54, 1.807) is 0 Å². The lowest BCUT2D eigenvalue weighted by Crippen LogP contribution is -2.34. The molecule has 0 heterocycles. The standard InChI is InChI=1S/C16H26N2/c1-4-18(14-9-5-6-10-14)16-12-8-7-11-15(16)13(2)17-3/h7-8,11-14,17H,4-6,9-10H2,1-3H3. The van der Waals surface area contributed by atoms with Crippen molar-refractivity contribution in [3.05, 3.63) is 29.8 Å². The van der Waals surface area contributed by atoms with Crippen LogP contribution in [0.4, 0.5) is 5.69 Å². The summed E-state index contributed by atoms with van der Waals surface area (Å²) in [7, 11) is 2.04. The first-order valence-electron chi connectivity index (χ1n) is 7.30. The number of nitrogens with one attached hydrogen (secondary N) is 1. The SMILES string of the molecule is CCN(c1ccccc1C(C)NC)C1CCCC1. The van der Waals surface area contributed by atoms with Gasteiger partial charge in [0.2, 0.25) is 0 Å². The Labute approximate surface area is 111 Å². The highest BCUT2D eigenvalue weighted by Gasteiger charge is 2.23. The Morgan fingerprint density at radius 3 is 2.56 bits per heavy atom. The van der Waals surface area contributed by atoms with Gasteiger partial charge in [-0.3, -0.25) is 0 Å². The van der Waals surface area contributed by atoms with E-state index in [1.165, 1.54) is 36.9 Å². The van der Waals surface area contributed by atoms with Gasteiger partial charge in [-0.2, -0.15) is 0 Å². The van der Waals surface area contributed by atoms with Gasteiger partial charge in [0.25, 0.3) is 0 Å². The smallest absolute Gasteiger partial charge is 0.0417 e. The molecular weight excluding hydrogens is 220 g/mol. The van der Waals surface area contributed by atoms with Crippen LogP contribution in [0.15, 0.2) is 24.3 Å². The molecule has 1 atom stereocenters. The van der Waals surface area contributed by atoms with Gasteiger partial charge in [-0.15, -0.1) is 0 Å². The monoisotopic (exact) mass is 246 g/mol. The van der Waals surface area contributed by atoms with Crippen LogP contribution in [0.25, 0.3) is 0 Å². The molecule has 1 aromatic rings. The van der Waals surface area contributed by atoms with Crippen LogP contribution < -0.4 is 10.2 Å². The summed E-state index contributed by atoms with van der Waals surface area (Å²) in [4.78, 5) is 2.61. The molecule has 1 saturated carbocycles. The summed E-state index contributed by atoms with van der Waals surface area (Å²) in [5, 5.41) is 3.36. The lowest BCUT2D eigenvalue weighted by molar-refractivity contribution is 0.602. The summed E-state index contributed by atoms with van der Waals surface area (Å²) in [5.41, 5.74) is 2.85. The molecule has 18 heavy (non-hydrogen) atoms. The molecule has 0 amide bonds. The summed E-state index contributed by atoms with van der Waals surface area (Å²) < 4.78 is 0. The summed E-state index contributed by atoms with van der Waals surface area (Å²) in [5.74, 6) is 0. The first kappa shape index (κ1) is 13.4. The van der Waals surface area contributed by atoms with E-state index in [0.29, 0.717) is 6.04 Å². The van der Waals surface area contributed by atoms with Gasteiger partial charge < -0.3 is 10.2 Å². The molecule has 1 aliphatic rings. The van der Waals surface area contributed by atoms with Crippen molar-refractivity contribution in [3.63, 3.8) is 0 Å². The summed E-state index contributed by atoms with van der Waals surface area (Å²) in [6, 6.07) is 10.0. The molecular formula is C16H26N2. The van der Waals surface area contributed by atoms with E-state index in [1.807, 2.05) is 7.05 Å². The van der Waals surface area contributed by atoms with Gasteiger partial charge in [0.15, 0.2) is 0 Å². The van der Waals surface area contributed by atoms with Crippen LogP contribution in [0.3, 0.4) is 0 Å². The van der Waals surface area contributed by atoms with Crippen molar-refractivity contribution >= 4 is 5.69 Å². The highest BCUT2D eigenvalue weighted by molar-refractivity contribution is 5.55. The van der Waals surface area contributed by atoms with Crippen LogP contribution in [0.2, 0.25) is 0 Å². The van der Waals surface area contributed by atoms with Crippen molar-refractivity contribution in [2.24, 2.45) is 0 Å². The molecule has 100 valence electrons. The third-order valence-corrected chi connectivity index (χ3v) is 4.25. The molecule has 2 rings (SSSR count). The minimum atomic E-state index is 0.414. The van der Waals surface area contributed by atoms with Gasteiger partial charge in [0, 0.05) is 24.3 Å². The van der Waals surface area contributed by atoms with Gasteiger partial charge in [0.05, 0.1) is 0 Å². The molecule has 1 fully saturated rings. The van der Waals surface area contributed by atoms with Gasteiger partial charge in [-0.05, 0) is 45.4 Å². The Morgan fingerprint density at radius 1 is 1.28 bits per heavy atom. The zero-order valence-electron chi connectivity index (χ0n) is 11.9. The van der Waals surface area contributed by atoms with Crippen LogP contribution in [-0.2, 0) is 0 Å². The second-order valence-corrected chi connectivity index (χ2v) is 5.29. The molecule has 1 aliphatic carbocycles. The Kier molecular flexibility index (Phi) is 4.65. The highest BCUT2D eigenvalue weighted by Crippen LogP contribution is 2.32. The Bertz CT molecular complexity index is 369. The molecule has 1 aromatic carbocycles. The fourth-order valence-corrected chi connectivity index (χ4v) is 3.11. The average Bonchev–Trinajstić information content (AvgIpc) is 2.93. The number of nitrogens with zero attached hydrogens (tertiary/aromatic N) is 1. The lowest BCUT2D eigenvalue weighted by atomic mass is 10.0. The lowest BCUT2D eigenvalue weighted by Gasteiger charge is -2.33. The summed E-state index contributed by atoms with van der Waals surface area (Å²) in [6.45, 7) is 5.62. The largest absolute Gasteiger partial charge is 0.369 e. The third-order valence-electron chi connectivity index (χ3n) is 4.25. The van der Waals surface area contributed by atoms with Crippen LogP contribution in [0.5, 0.6) is 0 Å². The normalized spacial score (nSPS) is 17.9. The molecule has 0 aliphatic heterocycles. The van der Waals surface area contributed by atoms with Gasteiger partial charge in [0.1, 0.15) is 0 Å². The molecule has 0 saturated heterocycles. The molecule has 2 heteroatoms. The molecule has 0 radical (unpaired) electrons. The zero-order chi connectivity index (χ0) is 13.0. The highest BCUT2D eigenvalue weighted by atomic mass is 15.2. The topological polar surface area (TPSA) is 15.3 Å². The number of hydrogen-bond donors (Lipinski definition) is 1.